The Labute approximate surface area is 220 Å². The molecule has 2 aromatic rings. The fraction of sp³-hybridized carbons (Fsp3) is 0.647. The monoisotopic (exact) mass is 488 g/mol. The summed E-state index contributed by atoms with van der Waals surface area (Å²) in [5.41, 5.74) is 4.37. The maximum absolute atomic E-state index is 7.22. The largest absolute Gasteiger partial charge is 0.485 e. The van der Waals surface area contributed by atoms with Gasteiger partial charge in [0, 0.05) is 19.1 Å². The van der Waals surface area contributed by atoms with Crippen LogP contribution in [0.15, 0.2) is 48.5 Å². The number of hydrogen-bond donors (Lipinski definition) is 0. The van der Waals surface area contributed by atoms with Gasteiger partial charge in [-0.05, 0) is 79.0 Å². The second-order valence-corrected chi connectivity index (χ2v) is 11.8. The second kappa shape index (κ2) is 13.1. The first-order chi connectivity index (χ1) is 17.8. The Hall–Kier alpha value is -1.80. The predicted molar refractivity (Wildman–Crippen MR) is 150 cm³/mol. The molecule has 0 bridgehead atoms. The van der Waals surface area contributed by atoms with E-state index in [1.807, 2.05) is 0 Å². The molecule has 0 amide bonds. The highest BCUT2D eigenvalue weighted by Crippen LogP contribution is 2.46. The quantitative estimate of drug-likeness (QED) is 0.417. The van der Waals surface area contributed by atoms with Crippen molar-refractivity contribution in [1.29, 1.82) is 0 Å². The molecule has 0 N–H and O–H groups in total. The molecule has 2 aromatic carbocycles. The Morgan fingerprint density at radius 1 is 0.722 bits per heavy atom. The van der Waals surface area contributed by atoms with Crippen molar-refractivity contribution in [3.8, 4) is 5.75 Å². The lowest BCUT2D eigenvalue weighted by atomic mass is 9.71. The van der Waals surface area contributed by atoms with E-state index in [4.69, 9.17) is 9.47 Å². The molecule has 5 unspecified atom stereocenters. The average molecular weight is 489 g/mol. The van der Waals surface area contributed by atoms with Gasteiger partial charge in [0.05, 0.1) is 0 Å². The van der Waals surface area contributed by atoms with Crippen molar-refractivity contribution in [2.45, 2.75) is 109 Å². The molecule has 1 heterocycles. The number of hydrogen-bond acceptors (Lipinski definition) is 2. The van der Waals surface area contributed by atoms with E-state index in [1.54, 1.807) is 0 Å². The van der Waals surface area contributed by atoms with Gasteiger partial charge in [-0.2, -0.15) is 0 Å². The van der Waals surface area contributed by atoms with Gasteiger partial charge in [0.15, 0.2) is 0 Å². The third-order valence-corrected chi connectivity index (χ3v) is 9.63. The number of ether oxygens (including phenoxy) is 2. The van der Waals surface area contributed by atoms with Gasteiger partial charge in [-0.25, -0.2) is 0 Å². The molecule has 0 aromatic heterocycles. The fourth-order valence-corrected chi connectivity index (χ4v) is 7.41. The molecule has 0 radical (unpaired) electrons. The van der Waals surface area contributed by atoms with E-state index < -0.39 is 0 Å². The van der Waals surface area contributed by atoms with E-state index in [2.05, 4.69) is 55.5 Å². The van der Waals surface area contributed by atoms with Gasteiger partial charge >= 0.3 is 0 Å². The van der Waals surface area contributed by atoms with E-state index in [1.165, 1.54) is 100 Å². The van der Waals surface area contributed by atoms with Gasteiger partial charge in [-0.1, -0.05) is 101 Å². The van der Waals surface area contributed by atoms with Crippen LogP contribution in [0.4, 0.5) is 0 Å². The van der Waals surface area contributed by atoms with Crippen LogP contribution >= 0.6 is 0 Å². The number of para-hydroxylation sites is 1. The zero-order valence-corrected chi connectivity index (χ0v) is 22.6. The normalized spacial score (nSPS) is 30.1. The van der Waals surface area contributed by atoms with Crippen LogP contribution in [0.2, 0.25) is 0 Å². The Kier molecular flexibility index (Phi) is 9.42. The number of fused-ring (bicyclic) bond motifs is 1. The molecule has 1 saturated carbocycles. The molecule has 1 aliphatic heterocycles. The summed E-state index contributed by atoms with van der Waals surface area (Å²) in [6.45, 7) is 4.19. The van der Waals surface area contributed by atoms with Crippen LogP contribution in [0, 0.1) is 17.8 Å². The van der Waals surface area contributed by atoms with E-state index in [9.17, 15) is 0 Å². The van der Waals surface area contributed by atoms with Crippen LogP contribution in [0.25, 0.3) is 0 Å². The molecule has 2 fully saturated rings. The van der Waals surface area contributed by atoms with Crippen LogP contribution in [0.1, 0.15) is 119 Å². The minimum absolute atomic E-state index is 0.173. The van der Waals surface area contributed by atoms with Crippen LogP contribution in [-0.2, 0) is 11.2 Å². The Balaban J connectivity index is 1.43. The van der Waals surface area contributed by atoms with Gasteiger partial charge in [0.25, 0.3) is 0 Å². The van der Waals surface area contributed by atoms with Crippen molar-refractivity contribution >= 4 is 0 Å². The van der Waals surface area contributed by atoms with Crippen molar-refractivity contribution in [1.82, 2.24) is 0 Å². The van der Waals surface area contributed by atoms with Crippen LogP contribution in [-0.4, -0.2) is 13.2 Å². The summed E-state index contributed by atoms with van der Waals surface area (Å²) in [6.07, 6.45) is 18.6. The average Bonchev–Trinajstić information content (AvgIpc) is 3.01. The van der Waals surface area contributed by atoms with Crippen molar-refractivity contribution in [2.24, 2.45) is 17.8 Å². The van der Waals surface area contributed by atoms with Gasteiger partial charge < -0.3 is 9.47 Å². The minimum Gasteiger partial charge on any atom is -0.485 e. The van der Waals surface area contributed by atoms with E-state index in [-0.39, 0.29) is 6.10 Å². The molecule has 36 heavy (non-hydrogen) atoms. The summed E-state index contributed by atoms with van der Waals surface area (Å²) in [6, 6.07) is 18.1. The van der Waals surface area contributed by atoms with Gasteiger partial charge in [-0.3, -0.25) is 0 Å². The standard InChI is InChI=1S/C34H48O2/c1-2-26-12-4-3-5-13-27(20-19-26)32-22-21-28-14-6-7-17-31(28)34(32)36-33-18-9-8-16-30(33)29-15-10-11-24-35-25-23-29/h6-9,14,16-18,26-27,29,32,34H,2-5,10-13,15,19-25H2,1H3. The maximum atomic E-state index is 7.22. The summed E-state index contributed by atoms with van der Waals surface area (Å²) < 4.78 is 13.1. The van der Waals surface area contributed by atoms with E-state index in [0.717, 1.165) is 37.2 Å². The van der Waals surface area contributed by atoms with E-state index >= 15 is 0 Å². The van der Waals surface area contributed by atoms with Gasteiger partial charge in [0.1, 0.15) is 11.9 Å². The number of rotatable bonds is 5. The first kappa shape index (κ1) is 25.8. The molecule has 3 aliphatic rings. The molecule has 2 heteroatoms. The van der Waals surface area contributed by atoms with Crippen LogP contribution in [0.3, 0.4) is 0 Å². The number of benzene rings is 2. The molecule has 5 atom stereocenters. The minimum atomic E-state index is 0.173. The van der Waals surface area contributed by atoms with Gasteiger partial charge in [-0.15, -0.1) is 0 Å². The highest BCUT2D eigenvalue weighted by Gasteiger charge is 2.37. The van der Waals surface area contributed by atoms with Crippen LogP contribution < -0.4 is 4.74 Å². The second-order valence-electron chi connectivity index (χ2n) is 11.8. The predicted octanol–water partition coefficient (Wildman–Crippen LogP) is 9.43. The molecule has 0 spiro atoms. The van der Waals surface area contributed by atoms with E-state index in [0.29, 0.717) is 11.8 Å². The molecule has 1 saturated heterocycles. The highest BCUT2D eigenvalue weighted by molar-refractivity contribution is 5.39. The Morgan fingerprint density at radius 3 is 2.44 bits per heavy atom. The van der Waals surface area contributed by atoms with Crippen molar-refractivity contribution in [3.05, 3.63) is 65.2 Å². The molecule has 196 valence electrons. The SMILES string of the molecule is CCC1CCCCCC(C2CCc3ccccc3C2Oc2ccccc2C2CCCCOCC2)CC1. The third kappa shape index (κ3) is 6.36. The van der Waals surface area contributed by atoms with Crippen molar-refractivity contribution in [3.63, 3.8) is 0 Å². The smallest absolute Gasteiger partial charge is 0.127 e. The topological polar surface area (TPSA) is 18.5 Å². The fourth-order valence-electron chi connectivity index (χ4n) is 7.41. The van der Waals surface area contributed by atoms with Gasteiger partial charge in [0.2, 0.25) is 0 Å². The number of aryl methyl sites for hydroxylation is 1. The summed E-state index contributed by atoms with van der Waals surface area (Å²) in [7, 11) is 0. The summed E-state index contributed by atoms with van der Waals surface area (Å²) in [5.74, 6) is 3.98. The summed E-state index contributed by atoms with van der Waals surface area (Å²) in [4.78, 5) is 0. The van der Waals surface area contributed by atoms with Crippen molar-refractivity contribution in [2.75, 3.05) is 13.2 Å². The van der Waals surface area contributed by atoms with Crippen molar-refractivity contribution < 1.29 is 9.47 Å². The maximum Gasteiger partial charge on any atom is 0.127 e. The first-order valence-electron chi connectivity index (χ1n) is 15.2. The summed E-state index contributed by atoms with van der Waals surface area (Å²) in [5, 5.41) is 0. The molecular weight excluding hydrogens is 440 g/mol. The molecule has 5 rings (SSSR count). The Bertz CT molecular complexity index is 928. The lowest BCUT2D eigenvalue weighted by Crippen LogP contribution is -2.31. The lowest BCUT2D eigenvalue weighted by Gasteiger charge is -2.39. The molecular formula is C34H48O2. The zero-order valence-electron chi connectivity index (χ0n) is 22.6. The first-order valence-corrected chi connectivity index (χ1v) is 15.2. The molecule has 2 aliphatic carbocycles. The third-order valence-electron chi connectivity index (χ3n) is 9.63. The van der Waals surface area contributed by atoms with Crippen LogP contribution in [0.5, 0.6) is 5.75 Å². The highest BCUT2D eigenvalue weighted by atomic mass is 16.5. The summed E-state index contributed by atoms with van der Waals surface area (Å²) >= 11 is 0. The lowest BCUT2D eigenvalue weighted by molar-refractivity contribution is 0.0667. The Morgan fingerprint density at radius 2 is 1.53 bits per heavy atom. The zero-order chi connectivity index (χ0) is 24.6. The molecule has 2 nitrogen and oxygen atoms in total.